The third kappa shape index (κ3) is 3.57. The fraction of sp³-hybridized carbons (Fsp3) is 0.120. The number of aromatic hydroxyl groups is 1. The molecule has 0 atom stereocenters. The zero-order valence-corrected chi connectivity index (χ0v) is 17.2. The van der Waals surface area contributed by atoms with E-state index in [0.29, 0.717) is 0 Å². The van der Waals surface area contributed by atoms with E-state index in [1.165, 1.54) is 5.56 Å². The van der Waals surface area contributed by atoms with E-state index in [9.17, 15) is 9.90 Å². The second-order valence-corrected chi connectivity index (χ2v) is 7.36. The van der Waals surface area contributed by atoms with Gasteiger partial charge in [0.1, 0.15) is 5.75 Å². The summed E-state index contributed by atoms with van der Waals surface area (Å²) in [6, 6.07) is 21.1. The van der Waals surface area contributed by atoms with E-state index in [4.69, 9.17) is 0 Å². The second-order valence-electron chi connectivity index (χ2n) is 7.36. The largest absolute Gasteiger partial charge is 0.507 e. The lowest BCUT2D eigenvalue weighted by molar-refractivity contribution is 0.0952. The molecule has 150 valence electrons. The van der Waals surface area contributed by atoms with Gasteiger partial charge in [0, 0.05) is 22.6 Å². The van der Waals surface area contributed by atoms with Gasteiger partial charge in [-0.2, -0.15) is 5.10 Å². The summed E-state index contributed by atoms with van der Waals surface area (Å²) in [5.41, 5.74) is 8.05. The Kier molecular flexibility index (Phi) is 5.11. The maximum atomic E-state index is 12.5. The van der Waals surface area contributed by atoms with Crippen molar-refractivity contribution in [3.8, 4) is 11.4 Å². The average Bonchev–Trinajstić information content (AvgIpc) is 3.01. The molecule has 0 spiro atoms. The molecule has 0 radical (unpaired) electrons. The van der Waals surface area contributed by atoms with Crippen molar-refractivity contribution in [3.05, 3.63) is 94.8 Å². The molecule has 2 N–H and O–H groups in total. The Morgan fingerprint density at radius 3 is 2.37 bits per heavy atom. The molecule has 0 aliphatic rings. The third-order valence-electron chi connectivity index (χ3n) is 5.31. The number of benzene rings is 3. The minimum atomic E-state index is -0.456. The number of para-hydroxylation sites is 1. The molecule has 0 aliphatic heterocycles. The van der Waals surface area contributed by atoms with Crippen LogP contribution in [0.2, 0.25) is 0 Å². The summed E-state index contributed by atoms with van der Waals surface area (Å²) in [7, 11) is 0. The predicted octanol–water partition coefficient (Wildman–Crippen LogP) is 5.03. The molecule has 1 heterocycles. The van der Waals surface area contributed by atoms with Crippen LogP contribution >= 0.6 is 0 Å². The molecule has 0 unspecified atom stereocenters. The number of hydrogen-bond donors (Lipinski definition) is 2. The standard InChI is InChI=1S/C25H23N3O2/c1-16-8-4-7-11-23(16)28-17(2)12-21(18(28)3)15-26-27-25(30)22-13-19-9-5-6-10-20(19)14-24(22)29/h4-15,29H,1-3H3,(H,27,30)/b26-15+. The van der Waals surface area contributed by atoms with Crippen LogP contribution in [0.5, 0.6) is 5.75 Å². The van der Waals surface area contributed by atoms with Crippen LogP contribution in [0.15, 0.2) is 71.8 Å². The number of phenolic OH excluding ortho intramolecular Hbond substituents is 1. The normalized spacial score (nSPS) is 11.3. The summed E-state index contributed by atoms with van der Waals surface area (Å²) in [6.45, 7) is 6.15. The number of carbonyl (C=O) groups excluding carboxylic acids is 1. The van der Waals surface area contributed by atoms with Crippen molar-refractivity contribution >= 4 is 22.9 Å². The Balaban J connectivity index is 1.57. The minimum Gasteiger partial charge on any atom is -0.507 e. The quantitative estimate of drug-likeness (QED) is 0.375. The van der Waals surface area contributed by atoms with Gasteiger partial charge in [-0.25, -0.2) is 5.43 Å². The van der Waals surface area contributed by atoms with Crippen molar-refractivity contribution in [2.75, 3.05) is 0 Å². The number of amides is 1. The van der Waals surface area contributed by atoms with E-state index in [1.54, 1.807) is 18.3 Å². The van der Waals surface area contributed by atoms with Gasteiger partial charge in [-0.3, -0.25) is 4.79 Å². The highest BCUT2D eigenvalue weighted by atomic mass is 16.3. The van der Waals surface area contributed by atoms with Crippen molar-refractivity contribution in [3.63, 3.8) is 0 Å². The van der Waals surface area contributed by atoms with Gasteiger partial charge in [0.2, 0.25) is 0 Å². The maximum absolute atomic E-state index is 12.5. The lowest BCUT2D eigenvalue weighted by Crippen LogP contribution is -2.17. The second kappa shape index (κ2) is 7.87. The molecule has 30 heavy (non-hydrogen) atoms. The van der Waals surface area contributed by atoms with E-state index < -0.39 is 5.91 Å². The van der Waals surface area contributed by atoms with Gasteiger partial charge in [0.15, 0.2) is 0 Å². The van der Waals surface area contributed by atoms with Crippen molar-refractivity contribution in [2.45, 2.75) is 20.8 Å². The first-order valence-corrected chi connectivity index (χ1v) is 9.76. The van der Waals surface area contributed by atoms with Crippen molar-refractivity contribution in [2.24, 2.45) is 5.10 Å². The molecule has 5 nitrogen and oxygen atoms in total. The molecule has 0 bridgehead atoms. The molecule has 0 saturated carbocycles. The number of hydrogen-bond acceptors (Lipinski definition) is 3. The number of rotatable bonds is 4. The van der Waals surface area contributed by atoms with Crippen LogP contribution in [-0.2, 0) is 0 Å². The number of aromatic nitrogens is 1. The van der Waals surface area contributed by atoms with E-state index in [1.807, 2.05) is 56.3 Å². The van der Waals surface area contributed by atoms with Crippen LogP contribution in [0, 0.1) is 20.8 Å². The molecule has 1 aromatic heterocycles. The summed E-state index contributed by atoms with van der Waals surface area (Å²) >= 11 is 0. The number of fused-ring (bicyclic) bond motifs is 1. The minimum absolute atomic E-state index is 0.0702. The number of phenols is 1. The summed E-state index contributed by atoms with van der Waals surface area (Å²) in [5, 5.41) is 16.1. The van der Waals surface area contributed by atoms with Gasteiger partial charge in [0.05, 0.1) is 11.8 Å². The molecule has 3 aromatic carbocycles. The van der Waals surface area contributed by atoms with Crippen LogP contribution in [0.3, 0.4) is 0 Å². The highest BCUT2D eigenvalue weighted by Crippen LogP contribution is 2.25. The fourth-order valence-electron chi connectivity index (χ4n) is 3.73. The van der Waals surface area contributed by atoms with Crippen molar-refractivity contribution in [1.82, 2.24) is 9.99 Å². The van der Waals surface area contributed by atoms with E-state index in [2.05, 4.69) is 34.2 Å². The molecule has 1 amide bonds. The molecule has 4 rings (SSSR count). The Labute approximate surface area is 175 Å². The highest BCUT2D eigenvalue weighted by molar-refractivity contribution is 6.01. The first-order chi connectivity index (χ1) is 14.5. The number of carbonyl (C=O) groups is 1. The van der Waals surface area contributed by atoms with Crippen LogP contribution < -0.4 is 5.43 Å². The maximum Gasteiger partial charge on any atom is 0.275 e. The zero-order valence-electron chi connectivity index (χ0n) is 17.2. The Bertz CT molecular complexity index is 1290. The molecule has 0 aliphatic carbocycles. The Morgan fingerprint density at radius 1 is 0.967 bits per heavy atom. The van der Waals surface area contributed by atoms with Gasteiger partial charge in [-0.05, 0) is 61.4 Å². The Morgan fingerprint density at radius 2 is 1.63 bits per heavy atom. The lowest BCUT2D eigenvalue weighted by Gasteiger charge is -2.12. The third-order valence-corrected chi connectivity index (χ3v) is 5.31. The lowest BCUT2D eigenvalue weighted by atomic mass is 10.1. The molecular formula is C25H23N3O2. The summed E-state index contributed by atoms with van der Waals surface area (Å²) < 4.78 is 2.17. The fourth-order valence-corrected chi connectivity index (χ4v) is 3.73. The summed E-state index contributed by atoms with van der Waals surface area (Å²) in [4.78, 5) is 12.5. The SMILES string of the molecule is Cc1ccccc1-n1c(C)cc(/C=N/NC(=O)c2cc3ccccc3cc2O)c1C. The summed E-state index contributed by atoms with van der Waals surface area (Å²) in [6.07, 6.45) is 1.63. The molecule has 0 fully saturated rings. The van der Waals surface area contributed by atoms with E-state index in [0.717, 1.165) is 33.4 Å². The Hall–Kier alpha value is -3.86. The first kappa shape index (κ1) is 19.5. The smallest absolute Gasteiger partial charge is 0.275 e. The van der Waals surface area contributed by atoms with Gasteiger partial charge in [0.25, 0.3) is 5.91 Å². The molecular weight excluding hydrogens is 374 g/mol. The van der Waals surface area contributed by atoms with E-state index in [-0.39, 0.29) is 11.3 Å². The molecule has 5 heteroatoms. The average molecular weight is 397 g/mol. The topological polar surface area (TPSA) is 66.6 Å². The highest BCUT2D eigenvalue weighted by Gasteiger charge is 2.13. The van der Waals surface area contributed by atoms with Gasteiger partial charge in [-0.1, -0.05) is 42.5 Å². The monoisotopic (exact) mass is 397 g/mol. The van der Waals surface area contributed by atoms with Crippen molar-refractivity contribution in [1.29, 1.82) is 0 Å². The van der Waals surface area contributed by atoms with Crippen molar-refractivity contribution < 1.29 is 9.90 Å². The van der Waals surface area contributed by atoms with Crippen LogP contribution in [-0.4, -0.2) is 21.8 Å². The van der Waals surface area contributed by atoms with Gasteiger partial charge in [-0.15, -0.1) is 0 Å². The molecule has 0 saturated heterocycles. The first-order valence-electron chi connectivity index (χ1n) is 9.76. The summed E-state index contributed by atoms with van der Waals surface area (Å²) in [5.74, 6) is -0.527. The van der Waals surface area contributed by atoms with Crippen LogP contribution in [0.25, 0.3) is 16.5 Å². The predicted molar refractivity (Wildman–Crippen MR) is 121 cm³/mol. The van der Waals surface area contributed by atoms with Crippen LogP contribution in [0.4, 0.5) is 0 Å². The van der Waals surface area contributed by atoms with Gasteiger partial charge >= 0.3 is 0 Å². The van der Waals surface area contributed by atoms with Gasteiger partial charge < -0.3 is 9.67 Å². The number of nitrogens with one attached hydrogen (secondary N) is 1. The number of aryl methyl sites for hydroxylation is 2. The van der Waals surface area contributed by atoms with Crippen LogP contribution in [0.1, 0.15) is 32.9 Å². The van der Waals surface area contributed by atoms with E-state index >= 15 is 0 Å². The number of nitrogens with zero attached hydrogens (tertiary/aromatic N) is 2. The number of hydrazone groups is 1. The zero-order chi connectivity index (χ0) is 21.3. The molecule has 4 aromatic rings.